The van der Waals surface area contributed by atoms with Crippen molar-refractivity contribution in [1.29, 1.82) is 0 Å². The largest absolute Gasteiger partial charge is 0.462 e. The number of benzene rings is 1. The van der Waals surface area contributed by atoms with Crippen LogP contribution in [-0.2, 0) is 4.74 Å². The van der Waals surface area contributed by atoms with Gasteiger partial charge in [-0.3, -0.25) is 0 Å². The first kappa shape index (κ1) is 20.3. The van der Waals surface area contributed by atoms with E-state index in [2.05, 4.69) is 23.8 Å². The van der Waals surface area contributed by atoms with E-state index in [9.17, 15) is 13.6 Å². The number of nitrogens with zero attached hydrogens (tertiary/aromatic N) is 3. The number of halogens is 2. The third-order valence-electron chi connectivity index (χ3n) is 5.93. The molecule has 1 fully saturated rings. The van der Waals surface area contributed by atoms with E-state index in [1.54, 1.807) is 17.6 Å². The van der Waals surface area contributed by atoms with Crippen LogP contribution >= 0.6 is 0 Å². The Morgan fingerprint density at radius 2 is 2.07 bits per heavy atom. The van der Waals surface area contributed by atoms with Gasteiger partial charge in [-0.1, -0.05) is 13.8 Å². The molecule has 1 aliphatic heterocycles. The van der Waals surface area contributed by atoms with Gasteiger partial charge in [0.1, 0.15) is 17.2 Å². The molecule has 1 aliphatic rings. The Morgan fingerprint density at radius 3 is 2.80 bits per heavy atom. The second-order valence-corrected chi connectivity index (χ2v) is 8.07. The highest BCUT2D eigenvalue weighted by Crippen LogP contribution is 2.42. The maximum absolute atomic E-state index is 14.6. The third kappa shape index (κ3) is 3.64. The molecule has 4 rings (SSSR count). The average Bonchev–Trinajstić information content (AvgIpc) is 3.34. The molecule has 2 atom stereocenters. The molecule has 158 valence electrons. The van der Waals surface area contributed by atoms with Crippen molar-refractivity contribution in [2.45, 2.75) is 33.2 Å². The van der Waals surface area contributed by atoms with E-state index >= 15 is 0 Å². The zero-order valence-corrected chi connectivity index (χ0v) is 17.3. The van der Waals surface area contributed by atoms with Gasteiger partial charge in [0.15, 0.2) is 0 Å². The van der Waals surface area contributed by atoms with E-state index in [1.165, 1.54) is 18.3 Å². The second-order valence-electron chi connectivity index (χ2n) is 8.07. The lowest BCUT2D eigenvalue weighted by Crippen LogP contribution is -2.25. The maximum atomic E-state index is 14.6. The van der Waals surface area contributed by atoms with Crippen molar-refractivity contribution in [3.63, 3.8) is 0 Å². The molecule has 2 aromatic heterocycles. The summed E-state index contributed by atoms with van der Waals surface area (Å²) in [5.74, 6) is -0.547. The van der Waals surface area contributed by atoms with Crippen LogP contribution in [0.15, 0.2) is 42.7 Å². The Hall–Kier alpha value is -2.96. The van der Waals surface area contributed by atoms with Crippen molar-refractivity contribution < 1.29 is 18.3 Å². The highest BCUT2D eigenvalue weighted by atomic mass is 19.1. The van der Waals surface area contributed by atoms with Crippen molar-refractivity contribution in [1.82, 2.24) is 9.61 Å². The smallest absolute Gasteiger partial charge is 0.341 e. The van der Waals surface area contributed by atoms with E-state index < -0.39 is 17.6 Å². The van der Waals surface area contributed by atoms with Crippen LogP contribution in [0.25, 0.3) is 5.52 Å². The number of ether oxygens (including phenoxy) is 1. The summed E-state index contributed by atoms with van der Waals surface area (Å²) in [5, 5.41) is 4.22. The summed E-state index contributed by atoms with van der Waals surface area (Å²) >= 11 is 0. The van der Waals surface area contributed by atoms with Gasteiger partial charge in [0.2, 0.25) is 0 Å². The molecule has 0 saturated carbocycles. The predicted octanol–water partition coefficient (Wildman–Crippen LogP) is 5.01. The lowest BCUT2D eigenvalue weighted by molar-refractivity contribution is 0.0528. The van der Waals surface area contributed by atoms with Gasteiger partial charge in [-0.15, -0.1) is 0 Å². The van der Waals surface area contributed by atoms with Crippen LogP contribution in [0.4, 0.5) is 14.5 Å². The molecule has 30 heavy (non-hydrogen) atoms. The van der Waals surface area contributed by atoms with Gasteiger partial charge in [-0.2, -0.15) is 5.10 Å². The number of fused-ring (bicyclic) bond motifs is 1. The van der Waals surface area contributed by atoms with E-state index in [-0.39, 0.29) is 12.6 Å². The summed E-state index contributed by atoms with van der Waals surface area (Å²) in [6.07, 6.45) is 3.99. The lowest BCUT2D eigenvalue weighted by atomic mass is 9.91. The summed E-state index contributed by atoms with van der Waals surface area (Å²) in [6, 6.07) is 7.09. The van der Waals surface area contributed by atoms with E-state index in [4.69, 9.17) is 4.74 Å². The van der Waals surface area contributed by atoms with Crippen molar-refractivity contribution in [2.75, 3.05) is 18.1 Å². The summed E-state index contributed by atoms with van der Waals surface area (Å²) in [7, 11) is 0. The summed E-state index contributed by atoms with van der Waals surface area (Å²) in [4.78, 5) is 14.4. The van der Waals surface area contributed by atoms with E-state index in [0.29, 0.717) is 28.5 Å². The normalized spacial score (nSPS) is 19.1. The fraction of sp³-hybridized carbons (Fsp3) is 0.391. The Balaban J connectivity index is 1.77. The molecular weight excluding hydrogens is 388 g/mol. The van der Waals surface area contributed by atoms with E-state index in [0.717, 1.165) is 24.7 Å². The number of pyridine rings is 1. The minimum Gasteiger partial charge on any atom is -0.462 e. The Kier molecular flexibility index (Phi) is 5.45. The van der Waals surface area contributed by atoms with Crippen LogP contribution in [0.2, 0.25) is 0 Å². The molecule has 1 unspecified atom stereocenters. The first-order valence-electron chi connectivity index (χ1n) is 10.2. The number of anilines is 1. The Bertz CT molecular complexity index is 1080. The van der Waals surface area contributed by atoms with Gasteiger partial charge >= 0.3 is 5.97 Å². The molecule has 0 amide bonds. The van der Waals surface area contributed by atoms with Gasteiger partial charge in [0.25, 0.3) is 0 Å². The second kappa shape index (κ2) is 8.05. The number of carbonyl (C=O) groups excluding carboxylic acids is 1. The highest BCUT2D eigenvalue weighted by molar-refractivity contribution is 5.97. The summed E-state index contributed by atoms with van der Waals surface area (Å²) in [6.45, 7) is 7.04. The van der Waals surface area contributed by atoms with E-state index in [1.807, 2.05) is 12.1 Å². The van der Waals surface area contributed by atoms with Crippen LogP contribution in [0.3, 0.4) is 0 Å². The first-order valence-corrected chi connectivity index (χ1v) is 10.2. The molecular formula is C23H25F2N3O2. The molecule has 1 aromatic carbocycles. The monoisotopic (exact) mass is 413 g/mol. The summed E-state index contributed by atoms with van der Waals surface area (Å²) < 4.78 is 35.3. The topological polar surface area (TPSA) is 46.8 Å². The minimum atomic E-state index is -0.449. The van der Waals surface area contributed by atoms with Crippen molar-refractivity contribution in [3.8, 4) is 0 Å². The van der Waals surface area contributed by atoms with Gasteiger partial charge in [-0.05, 0) is 55.5 Å². The maximum Gasteiger partial charge on any atom is 0.341 e. The number of aromatic nitrogens is 2. The predicted molar refractivity (Wildman–Crippen MR) is 111 cm³/mol. The minimum absolute atomic E-state index is 0.277. The van der Waals surface area contributed by atoms with Crippen LogP contribution in [0.5, 0.6) is 0 Å². The molecule has 0 radical (unpaired) electrons. The molecule has 0 bridgehead atoms. The number of carbonyl (C=O) groups is 1. The molecule has 0 spiro atoms. The van der Waals surface area contributed by atoms with Gasteiger partial charge in [0.05, 0.1) is 24.4 Å². The third-order valence-corrected chi connectivity index (χ3v) is 5.93. The summed E-state index contributed by atoms with van der Waals surface area (Å²) in [5.41, 5.74) is 2.20. The zero-order chi connectivity index (χ0) is 21.4. The standard InChI is InChI=1S/C23H25F2N3O2/c1-4-30-23(29)19-12-26-28-8-7-17(11-22(19)28)27-13-15(14(2)3)9-21(27)18-10-16(24)5-6-20(18)25/h5-8,10-12,14-15,21H,4,9,13H2,1-3H3/t15-,21?/m1/s1. The average molecular weight is 413 g/mol. The molecule has 3 heterocycles. The van der Waals surface area contributed by atoms with Gasteiger partial charge in [-0.25, -0.2) is 18.1 Å². The lowest BCUT2D eigenvalue weighted by Gasteiger charge is -2.27. The van der Waals surface area contributed by atoms with Crippen LogP contribution in [0, 0.1) is 23.5 Å². The van der Waals surface area contributed by atoms with Crippen LogP contribution in [0.1, 0.15) is 49.2 Å². The van der Waals surface area contributed by atoms with Crippen molar-refractivity contribution >= 4 is 17.2 Å². The SMILES string of the molecule is CCOC(=O)c1cnn2ccc(N3C[C@H](C(C)C)CC3c3cc(F)ccc3F)cc12. The molecule has 1 saturated heterocycles. The van der Waals surface area contributed by atoms with Crippen molar-refractivity contribution in [2.24, 2.45) is 11.8 Å². The van der Waals surface area contributed by atoms with Gasteiger partial charge in [0, 0.05) is 24.0 Å². The Morgan fingerprint density at radius 1 is 1.27 bits per heavy atom. The fourth-order valence-electron chi connectivity index (χ4n) is 4.22. The number of hydrogen-bond donors (Lipinski definition) is 0. The quantitative estimate of drug-likeness (QED) is 0.552. The Labute approximate surface area is 174 Å². The molecule has 0 aliphatic carbocycles. The number of esters is 1. The fourth-order valence-corrected chi connectivity index (χ4v) is 4.22. The highest BCUT2D eigenvalue weighted by Gasteiger charge is 2.36. The van der Waals surface area contributed by atoms with Crippen LogP contribution in [-0.4, -0.2) is 28.7 Å². The van der Waals surface area contributed by atoms with Crippen molar-refractivity contribution in [3.05, 3.63) is 65.5 Å². The number of rotatable bonds is 5. The van der Waals surface area contributed by atoms with Gasteiger partial charge < -0.3 is 9.64 Å². The molecule has 0 N–H and O–H groups in total. The first-order chi connectivity index (χ1) is 14.4. The van der Waals surface area contributed by atoms with Crippen LogP contribution < -0.4 is 4.90 Å². The molecule has 3 aromatic rings. The molecule has 7 heteroatoms. The number of hydrogen-bond acceptors (Lipinski definition) is 4. The zero-order valence-electron chi connectivity index (χ0n) is 17.3. The molecule has 5 nitrogen and oxygen atoms in total.